The maximum Gasteiger partial charge on any atom is 0.257 e. The van der Waals surface area contributed by atoms with Crippen LogP contribution in [0.1, 0.15) is 47.1 Å². The fourth-order valence-electron chi connectivity index (χ4n) is 3.77. The quantitative estimate of drug-likeness (QED) is 0.389. The van der Waals surface area contributed by atoms with Gasteiger partial charge in [0.15, 0.2) is 0 Å². The number of amides is 2. The van der Waals surface area contributed by atoms with Gasteiger partial charge in [-0.3, -0.25) is 9.59 Å². The Morgan fingerprint density at radius 3 is 2.23 bits per heavy atom. The Kier molecular flexibility index (Phi) is 8.52. The summed E-state index contributed by atoms with van der Waals surface area (Å²) < 4.78 is 13.4. The predicted octanol–water partition coefficient (Wildman–Crippen LogP) is 6.48. The van der Waals surface area contributed by atoms with Gasteiger partial charge in [0.1, 0.15) is 5.82 Å². The molecular formula is C28H31ClFN3O2. The molecule has 0 aliphatic heterocycles. The highest BCUT2D eigenvalue weighted by atomic mass is 35.5. The monoisotopic (exact) mass is 495 g/mol. The lowest BCUT2D eigenvalue weighted by atomic mass is 10.0. The van der Waals surface area contributed by atoms with Crippen molar-refractivity contribution in [2.75, 3.05) is 24.3 Å². The predicted molar refractivity (Wildman–Crippen MR) is 141 cm³/mol. The van der Waals surface area contributed by atoms with E-state index in [4.69, 9.17) is 11.6 Å². The molecule has 0 saturated heterocycles. The minimum atomic E-state index is -0.387. The van der Waals surface area contributed by atoms with Crippen molar-refractivity contribution < 1.29 is 14.0 Å². The number of carbonyl (C=O) groups is 2. The maximum absolute atomic E-state index is 13.5. The van der Waals surface area contributed by atoms with E-state index < -0.39 is 0 Å². The van der Waals surface area contributed by atoms with E-state index in [1.54, 1.807) is 29.2 Å². The molecule has 5 nitrogen and oxygen atoms in total. The molecule has 1 atom stereocenters. The van der Waals surface area contributed by atoms with Crippen LogP contribution in [-0.2, 0) is 6.54 Å². The summed E-state index contributed by atoms with van der Waals surface area (Å²) >= 11 is 6.18. The van der Waals surface area contributed by atoms with Gasteiger partial charge >= 0.3 is 0 Å². The molecule has 3 aromatic rings. The third-order valence-corrected chi connectivity index (χ3v) is 6.42. The lowest BCUT2D eigenvalue weighted by Gasteiger charge is -2.33. The van der Waals surface area contributed by atoms with Crippen molar-refractivity contribution in [1.29, 1.82) is 0 Å². The normalized spacial score (nSPS) is 11.8. The fourth-order valence-corrected chi connectivity index (χ4v) is 3.99. The molecule has 1 N–H and O–H groups in total. The number of anilines is 2. The molecule has 2 amide bonds. The molecule has 0 unspecified atom stereocenters. The lowest BCUT2D eigenvalue weighted by molar-refractivity contribution is 0.0628. The molecule has 35 heavy (non-hydrogen) atoms. The van der Waals surface area contributed by atoms with Crippen LogP contribution >= 0.6 is 11.6 Å². The Balaban J connectivity index is 1.96. The van der Waals surface area contributed by atoms with E-state index in [-0.39, 0.29) is 29.6 Å². The van der Waals surface area contributed by atoms with Crippen molar-refractivity contribution in [3.05, 3.63) is 94.3 Å². The van der Waals surface area contributed by atoms with Crippen LogP contribution in [-0.4, -0.2) is 36.9 Å². The van der Waals surface area contributed by atoms with E-state index in [0.29, 0.717) is 28.4 Å². The average molecular weight is 496 g/mol. The third kappa shape index (κ3) is 6.40. The SMILES string of the molecule is CC(C)[C@H](C)N(Cc1cc(NC(=O)c2ccccc2Cl)ccc1N(C)C)C(=O)c1ccc(F)cc1. The lowest BCUT2D eigenvalue weighted by Crippen LogP contribution is -2.41. The number of hydrogen-bond acceptors (Lipinski definition) is 3. The molecule has 0 aliphatic carbocycles. The number of benzene rings is 3. The summed E-state index contributed by atoms with van der Waals surface area (Å²) in [6.07, 6.45) is 0. The van der Waals surface area contributed by atoms with Gasteiger partial charge < -0.3 is 15.1 Å². The number of hydrogen-bond donors (Lipinski definition) is 1. The van der Waals surface area contributed by atoms with Gasteiger partial charge in [-0.25, -0.2) is 4.39 Å². The zero-order valence-electron chi connectivity index (χ0n) is 20.7. The van der Waals surface area contributed by atoms with Crippen LogP contribution in [0.2, 0.25) is 5.02 Å². The molecule has 7 heteroatoms. The smallest absolute Gasteiger partial charge is 0.257 e. The maximum atomic E-state index is 13.5. The summed E-state index contributed by atoms with van der Waals surface area (Å²) in [6.45, 7) is 6.44. The van der Waals surface area contributed by atoms with Crippen LogP contribution in [0.25, 0.3) is 0 Å². The fraction of sp³-hybridized carbons (Fsp3) is 0.286. The number of nitrogens with one attached hydrogen (secondary N) is 1. The van der Waals surface area contributed by atoms with Crippen LogP contribution in [0.5, 0.6) is 0 Å². The number of nitrogens with zero attached hydrogens (tertiary/aromatic N) is 2. The second kappa shape index (κ2) is 11.4. The standard InChI is InChI=1S/C28H31ClFN3O2/c1-18(2)19(3)33(28(35)20-10-12-22(30)13-11-20)17-21-16-23(14-15-26(21)32(4)5)31-27(34)24-8-6-7-9-25(24)29/h6-16,18-19H,17H2,1-5H3,(H,31,34)/t19-/m0/s1. The second-order valence-corrected chi connectivity index (χ2v) is 9.50. The van der Waals surface area contributed by atoms with E-state index in [1.165, 1.54) is 24.3 Å². The van der Waals surface area contributed by atoms with Gasteiger partial charge in [0.05, 0.1) is 10.6 Å². The molecule has 184 valence electrons. The molecular weight excluding hydrogens is 465 g/mol. The Hall–Kier alpha value is -3.38. The first kappa shape index (κ1) is 26.2. The van der Waals surface area contributed by atoms with E-state index in [9.17, 15) is 14.0 Å². The van der Waals surface area contributed by atoms with E-state index in [0.717, 1.165) is 11.3 Å². The van der Waals surface area contributed by atoms with Gasteiger partial charge in [-0.1, -0.05) is 37.6 Å². The van der Waals surface area contributed by atoms with Crippen LogP contribution < -0.4 is 10.2 Å². The topological polar surface area (TPSA) is 52.7 Å². The van der Waals surface area contributed by atoms with Gasteiger partial charge in [0.25, 0.3) is 11.8 Å². The Morgan fingerprint density at radius 2 is 1.63 bits per heavy atom. The third-order valence-electron chi connectivity index (χ3n) is 6.09. The van der Waals surface area contributed by atoms with Crippen molar-refractivity contribution in [3.63, 3.8) is 0 Å². The Bertz CT molecular complexity index is 1200. The molecule has 0 heterocycles. The summed E-state index contributed by atoms with van der Waals surface area (Å²) in [4.78, 5) is 30.0. The molecule has 3 aromatic carbocycles. The summed E-state index contributed by atoms with van der Waals surface area (Å²) in [5.41, 5.74) is 3.20. The van der Waals surface area contributed by atoms with Gasteiger partial charge in [-0.15, -0.1) is 0 Å². The zero-order chi connectivity index (χ0) is 25.7. The summed E-state index contributed by atoms with van der Waals surface area (Å²) in [5.74, 6) is -0.678. The van der Waals surface area contributed by atoms with E-state index >= 15 is 0 Å². The highest BCUT2D eigenvalue weighted by molar-refractivity contribution is 6.34. The van der Waals surface area contributed by atoms with Crippen LogP contribution in [0.3, 0.4) is 0 Å². The average Bonchev–Trinajstić information content (AvgIpc) is 2.82. The van der Waals surface area contributed by atoms with Crippen molar-refractivity contribution in [3.8, 4) is 0 Å². The molecule has 0 radical (unpaired) electrons. The summed E-state index contributed by atoms with van der Waals surface area (Å²) in [6, 6.07) is 18.0. The molecule has 0 saturated carbocycles. The highest BCUT2D eigenvalue weighted by Crippen LogP contribution is 2.28. The van der Waals surface area contributed by atoms with Gasteiger partial charge in [0, 0.05) is 43.6 Å². The Labute approximate surface area is 211 Å². The van der Waals surface area contributed by atoms with Crippen molar-refractivity contribution in [1.82, 2.24) is 4.90 Å². The Morgan fingerprint density at radius 1 is 0.971 bits per heavy atom. The number of carbonyl (C=O) groups excluding carboxylic acids is 2. The first-order valence-corrected chi connectivity index (χ1v) is 11.9. The van der Waals surface area contributed by atoms with Gasteiger partial charge in [-0.05, 0) is 73.0 Å². The zero-order valence-corrected chi connectivity index (χ0v) is 21.4. The van der Waals surface area contributed by atoms with Crippen molar-refractivity contribution in [2.24, 2.45) is 5.92 Å². The first-order chi connectivity index (χ1) is 16.6. The van der Waals surface area contributed by atoms with Gasteiger partial charge in [0.2, 0.25) is 0 Å². The minimum Gasteiger partial charge on any atom is -0.377 e. The number of rotatable bonds is 8. The van der Waals surface area contributed by atoms with Crippen molar-refractivity contribution >= 4 is 34.8 Å². The summed E-state index contributed by atoms with van der Waals surface area (Å²) in [7, 11) is 3.86. The molecule has 0 aliphatic rings. The largest absolute Gasteiger partial charge is 0.377 e. The molecule has 0 bridgehead atoms. The van der Waals surface area contributed by atoms with Gasteiger partial charge in [-0.2, -0.15) is 0 Å². The summed E-state index contributed by atoms with van der Waals surface area (Å²) in [5, 5.41) is 3.28. The van der Waals surface area contributed by atoms with E-state index in [2.05, 4.69) is 19.2 Å². The minimum absolute atomic E-state index is 0.0797. The molecule has 0 spiro atoms. The number of halogens is 2. The first-order valence-electron chi connectivity index (χ1n) is 11.5. The van der Waals surface area contributed by atoms with E-state index in [1.807, 2.05) is 44.1 Å². The van der Waals surface area contributed by atoms with Crippen molar-refractivity contribution in [2.45, 2.75) is 33.4 Å². The van der Waals surface area contributed by atoms with Crippen LogP contribution in [0, 0.1) is 11.7 Å². The second-order valence-electron chi connectivity index (χ2n) is 9.10. The van der Waals surface area contributed by atoms with Crippen LogP contribution in [0.15, 0.2) is 66.7 Å². The molecule has 0 fully saturated rings. The van der Waals surface area contributed by atoms with Crippen LogP contribution in [0.4, 0.5) is 15.8 Å². The molecule has 0 aromatic heterocycles. The highest BCUT2D eigenvalue weighted by Gasteiger charge is 2.25. The molecule has 3 rings (SSSR count).